The van der Waals surface area contributed by atoms with Crippen molar-refractivity contribution in [3.63, 3.8) is 0 Å². The lowest BCUT2D eigenvalue weighted by Gasteiger charge is -2.22. The molecule has 7 nitrogen and oxygen atoms in total. The maximum atomic E-state index is 13.1. The normalized spacial score (nSPS) is 15.0. The second-order valence-corrected chi connectivity index (χ2v) is 8.05. The van der Waals surface area contributed by atoms with E-state index in [1.807, 2.05) is 37.3 Å². The molecule has 1 aliphatic heterocycles. The van der Waals surface area contributed by atoms with Crippen LogP contribution in [0.4, 0.5) is 11.4 Å². The Balaban J connectivity index is 1.55. The number of benzene rings is 2. The molecule has 0 radical (unpaired) electrons. The zero-order valence-corrected chi connectivity index (χ0v) is 17.8. The average Bonchev–Trinajstić information content (AvgIpc) is 3.04. The van der Waals surface area contributed by atoms with Gasteiger partial charge in [-0.2, -0.15) is 5.10 Å². The van der Waals surface area contributed by atoms with Gasteiger partial charge in [0.1, 0.15) is 12.2 Å². The predicted octanol–water partition coefficient (Wildman–Crippen LogP) is 3.24. The SMILES string of the molecule is CC1Cc2ccccc2N1C(=O)c1ccc(=O)n(CC(=O)Nc2cccc(Br)c2)n1. The molecule has 0 aliphatic carbocycles. The lowest BCUT2D eigenvalue weighted by molar-refractivity contribution is -0.117. The fraction of sp³-hybridized carbons (Fsp3) is 0.182. The highest BCUT2D eigenvalue weighted by Gasteiger charge is 2.32. The number of amides is 2. The Hall–Kier alpha value is -3.26. The number of fused-ring (bicyclic) bond motifs is 1. The number of anilines is 2. The summed E-state index contributed by atoms with van der Waals surface area (Å²) in [5.74, 6) is -0.708. The van der Waals surface area contributed by atoms with Gasteiger partial charge < -0.3 is 10.2 Å². The number of rotatable bonds is 4. The van der Waals surface area contributed by atoms with Crippen molar-refractivity contribution in [2.45, 2.75) is 25.9 Å². The van der Waals surface area contributed by atoms with E-state index < -0.39 is 11.5 Å². The van der Waals surface area contributed by atoms with Gasteiger partial charge in [-0.1, -0.05) is 40.2 Å². The van der Waals surface area contributed by atoms with Crippen LogP contribution in [0, 0.1) is 0 Å². The van der Waals surface area contributed by atoms with Crippen LogP contribution in [-0.4, -0.2) is 27.6 Å². The summed E-state index contributed by atoms with van der Waals surface area (Å²) < 4.78 is 1.83. The van der Waals surface area contributed by atoms with Gasteiger partial charge in [0.15, 0.2) is 0 Å². The summed E-state index contributed by atoms with van der Waals surface area (Å²) in [7, 11) is 0. The first-order chi connectivity index (χ1) is 14.4. The average molecular weight is 467 g/mol. The number of halogens is 1. The third kappa shape index (κ3) is 4.04. The first-order valence-corrected chi connectivity index (χ1v) is 10.3. The van der Waals surface area contributed by atoms with Gasteiger partial charge in [0.2, 0.25) is 5.91 Å². The summed E-state index contributed by atoms with van der Waals surface area (Å²) in [5, 5.41) is 6.88. The molecule has 2 aromatic carbocycles. The highest BCUT2D eigenvalue weighted by molar-refractivity contribution is 9.10. The number of nitrogens with zero attached hydrogens (tertiary/aromatic N) is 3. The van der Waals surface area contributed by atoms with E-state index in [-0.39, 0.29) is 24.2 Å². The zero-order valence-electron chi connectivity index (χ0n) is 16.2. The molecule has 1 N–H and O–H groups in total. The second-order valence-electron chi connectivity index (χ2n) is 7.13. The van der Waals surface area contributed by atoms with Gasteiger partial charge in [0, 0.05) is 28.0 Å². The molecule has 1 unspecified atom stereocenters. The van der Waals surface area contributed by atoms with Crippen LogP contribution in [0.2, 0.25) is 0 Å². The van der Waals surface area contributed by atoms with Crippen molar-refractivity contribution in [2.75, 3.05) is 10.2 Å². The summed E-state index contributed by atoms with van der Waals surface area (Å²) in [5.41, 5.74) is 2.21. The van der Waals surface area contributed by atoms with Gasteiger partial charge >= 0.3 is 0 Å². The van der Waals surface area contributed by atoms with Gasteiger partial charge in [-0.15, -0.1) is 0 Å². The summed E-state index contributed by atoms with van der Waals surface area (Å²) in [4.78, 5) is 39.4. The van der Waals surface area contributed by atoms with Gasteiger partial charge in [-0.3, -0.25) is 14.4 Å². The standard InChI is InChI=1S/C22H19BrN4O3/c1-14-11-15-5-2-3-8-19(15)27(14)22(30)18-9-10-21(29)26(25-18)13-20(28)24-17-7-4-6-16(23)12-17/h2-10,12,14H,11,13H2,1H3,(H,24,28). The van der Waals surface area contributed by atoms with Gasteiger partial charge in [-0.05, 0) is 49.2 Å². The molecule has 0 spiro atoms. The van der Waals surface area contributed by atoms with Crippen molar-refractivity contribution >= 4 is 39.1 Å². The van der Waals surface area contributed by atoms with Gasteiger partial charge in [0.05, 0.1) is 0 Å². The van der Waals surface area contributed by atoms with Crippen molar-refractivity contribution in [1.82, 2.24) is 9.78 Å². The van der Waals surface area contributed by atoms with E-state index in [9.17, 15) is 14.4 Å². The molecule has 3 aromatic rings. The van der Waals surface area contributed by atoms with E-state index in [1.54, 1.807) is 23.1 Å². The number of nitrogens with one attached hydrogen (secondary N) is 1. The van der Waals surface area contributed by atoms with E-state index >= 15 is 0 Å². The number of aromatic nitrogens is 2. The molecule has 0 bridgehead atoms. The summed E-state index contributed by atoms with van der Waals surface area (Å²) in [6, 6.07) is 17.5. The van der Waals surface area contributed by atoms with E-state index in [0.29, 0.717) is 5.69 Å². The van der Waals surface area contributed by atoms with E-state index in [2.05, 4.69) is 26.3 Å². The maximum Gasteiger partial charge on any atom is 0.278 e. The minimum atomic E-state index is -0.453. The summed E-state index contributed by atoms with van der Waals surface area (Å²) >= 11 is 3.34. The third-order valence-corrected chi connectivity index (χ3v) is 5.41. The van der Waals surface area contributed by atoms with Crippen LogP contribution in [0.5, 0.6) is 0 Å². The van der Waals surface area contributed by atoms with Crippen molar-refractivity contribution in [3.05, 3.63) is 86.7 Å². The van der Waals surface area contributed by atoms with E-state index in [4.69, 9.17) is 0 Å². The van der Waals surface area contributed by atoms with Crippen LogP contribution in [-0.2, 0) is 17.8 Å². The van der Waals surface area contributed by atoms with Crippen LogP contribution >= 0.6 is 15.9 Å². The van der Waals surface area contributed by atoms with Crippen molar-refractivity contribution in [2.24, 2.45) is 0 Å². The molecule has 152 valence electrons. The maximum absolute atomic E-state index is 13.1. The molecule has 30 heavy (non-hydrogen) atoms. The smallest absolute Gasteiger partial charge is 0.278 e. The van der Waals surface area contributed by atoms with E-state index in [0.717, 1.165) is 26.8 Å². The quantitative estimate of drug-likeness (QED) is 0.639. The topological polar surface area (TPSA) is 84.3 Å². The Bertz CT molecular complexity index is 1190. The molecule has 0 saturated heterocycles. The minimum Gasteiger partial charge on any atom is -0.324 e. The molecule has 1 aliphatic rings. The van der Waals surface area contributed by atoms with Crippen molar-refractivity contribution in [1.29, 1.82) is 0 Å². The molecule has 2 amide bonds. The molecular formula is C22H19BrN4O3. The second kappa shape index (κ2) is 8.23. The number of hydrogen-bond donors (Lipinski definition) is 1. The van der Waals surface area contributed by atoms with Gasteiger partial charge in [0.25, 0.3) is 11.5 Å². The predicted molar refractivity (Wildman–Crippen MR) is 118 cm³/mol. The Morgan fingerprint density at radius 1 is 1.13 bits per heavy atom. The van der Waals surface area contributed by atoms with Crippen LogP contribution < -0.4 is 15.8 Å². The Morgan fingerprint density at radius 2 is 1.93 bits per heavy atom. The van der Waals surface area contributed by atoms with Crippen molar-refractivity contribution in [3.8, 4) is 0 Å². The number of carbonyl (C=O) groups excluding carboxylic acids is 2. The summed E-state index contributed by atoms with van der Waals surface area (Å²) in [6.07, 6.45) is 0.761. The fourth-order valence-corrected chi connectivity index (χ4v) is 3.98. The first kappa shape index (κ1) is 20.0. The molecule has 0 saturated carbocycles. The molecular weight excluding hydrogens is 448 g/mol. The first-order valence-electron chi connectivity index (χ1n) is 9.47. The summed E-state index contributed by atoms with van der Waals surface area (Å²) in [6.45, 7) is 1.68. The number of carbonyl (C=O) groups is 2. The number of hydrogen-bond acceptors (Lipinski definition) is 4. The molecule has 4 rings (SSSR count). The Morgan fingerprint density at radius 3 is 2.73 bits per heavy atom. The molecule has 1 atom stereocenters. The molecule has 0 fully saturated rings. The zero-order chi connectivity index (χ0) is 21.3. The Kier molecular flexibility index (Phi) is 5.50. The van der Waals surface area contributed by atoms with Crippen LogP contribution in [0.25, 0.3) is 0 Å². The minimum absolute atomic E-state index is 0.0168. The highest BCUT2D eigenvalue weighted by atomic mass is 79.9. The molecule has 8 heteroatoms. The lowest BCUT2D eigenvalue weighted by Crippen LogP contribution is -2.38. The van der Waals surface area contributed by atoms with Crippen LogP contribution in [0.1, 0.15) is 23.0 Å². The molecule has 1 aromatic heterocycles. The largest absolute Gasteiger partial charge is 0.324 e. The Labute approximate surface area is 181 Å². The van der Waals surface area contributed by atoms with Gasteiger partial charge in [-0.25, -0.2) is 4.68 Å². The number of para-hydroxylation sites is 1. The fourth-order valence-electron chi connectivity index (χ4n) is 3.58. The highest BCUT2D eigenvalue weighted by Crippen LogP contribution is 2.32. The third-order valence-electron chi connectivity index (χ3n) is 4.91. The lowest BCUT2D eigenvalue weighted by atomic mass is 10.1. The van der Waals surface area contributed by atoms with E-state index in [1.165, 1.54) is 12.1 Å². The van der Waals surface area contributed by atoms with Crippen LogP contribution in [0.15, 0.2) is 69.9 Å². The van der Waals surface area contributed by atoms with Crippen molar-refractivity contribution < 1.29 is 9.59 Å². The van der Waals surface area contributed by atoms with Crippen LogP contribution in [0.3, 0.4) is 0 Å². The monoisotopic (exact) mass is 466 g/mol. The molecule has 2 heterocycles.